The molecule has 4 N–H and O–H groups in total. The quantitative estimate of drug-likeness (QED) is 0.323. The smallest absolute Gasteiger partial charge is 0.410 e. The van der Waals surface area contributed by atoms with Gasteiger partial charge in [-0.2, -0.15) is 0 Å². The standard InChI is InChI=1S/C34H45FN6O9S/c1-33(2,3)50-31(45)37-26-16-36-13-6-4-5-9-21-15-34(21,30(44)39-51(47,48)23-11-12-23)38-28(42)27-14-22(18-41(27)29(26)43)49-32(46)40-17-20-8-7-10-25(35)24(20)19-40/h5,7-10,21-23,26-27,36H,4,6,11-19H2,1-3H3,(H,37,45)(H,38,42)(H,39,44)/t21-,22?,26+,27+,34-/m1/s1. The molecule has 5 amide bonds. The maximum absolute atomic E-state index is 14.4. The number of rotatable bonds is 5. The third kappa shape index (κ3) is 8.29. The van der Waals surface area contributed by atoms with Crippen molar-refractivity contribution in [2.45, 2.75) is 107 Å². The zero-order chi connectivity index (χ0) is 36.7. The van der Waals surface area contributed by atoms with Crippen molar-refractivity contribution in [3.63, 3.8) is 0 Å². The van der Waals surface area contributed by atoms with Crippen LogP contribution in [0.15, 0.2) is 30.4 Å². The molecule has 5 aliphatic rings. The second-order valence-corrected chi connectivity index (χ2v) is 16.9. The van der Waals surface area contributed by atoms with Crippen LogP contribution in [0.25, 0.3) is 0 Å². The van der Waals surface area contributed by atoms with Crippen LogP contribution in [0.1, 0.15) is 70.4 Å². The Morgan fingerprint density at radius 2 is 1.88 bits per heavy atom. The highest BCUT2D eigenvalue weighted by Crippen LogP contribution is 2.46. The molecule has 3 heterocycles. The number of carbonyl (C=O) groups is 5. The predicted octanol–water partition coefficient (Wildman–Crippen LogP) is 1.56. The number of benzene rings is 1. The summed E-state index contributed by atoms with van der Waals surface area (Å²) in [4.78, 5) is 70.6. The first kappa shape index (κ1) is 36.5. The van der Waals surface area contributed by atoms with Crippen molar-refractivity contribution in [2.75, 3.05) is 19.6 Å². The first-order chi connectivity index (χ1) is 24.1. The van der Waals surface area contributed by atoms with Gasteiger partial charge in [0.15, 0.2) is 0 Å². The van der Waals surface area contributed by atoms with E-state index in [9.17, 15) is 36.8 Å². The van der Waals surface area contributed by atoms with E-state index in [1.165, 1.54) is 15.9 Å². The predicted molar refractivity (Wildman–Crippen MR) is 180 cm³/mol. The Morgan fingerprint density at radius 3 is 2.59 bits per heavy atom. The zero-order valence-electron chi connectivity index (χ0n) is 28.9. The molecule has 2 saturated carbocycles. The van der Waals surface area contributed by atoms with Gasteiger partial charge in [-0.3, -0.25) is 24.0 Å². The van der Waals surface area contributed by atoms with Gasteiger partial charge in [-0.05, 0) is 71.0 Å². The molecule has 1 aromatic carbocycles. The lowest BCUT2D eigenvalue weighted by Crippen LogP contribution is -2.59. The van der Waals surface area contributed by atoms with E-state index in [0.29, 0.717) is 43.4 Å². The van der Waals surface area contributed by atoms with Crippen LogP contribution in [0, 0.1) is 11.7 Å². The molecule has 5 atom stereocenters. The van der Waals surface area contributed by atoms with Crippen LogP contribution in [0.5, 0.6) is 0 Å². The van der Waals surface area contributed by atoms with Crippen molar-refractivity contribution in [3.05, 3.63) is 47.3 Å². The molecule has 0 spiro atoms. The van der Waals surface area contributed by atoms with Crippen LogP contribution in [-0.2, 0) is 47.0 Å². The Kier molecular flexibility index (Phi) is 10.1. The number of fused-ring (bicyclic) bond motifs is 3. The summed E-state index contributed by atoms with van der Waals surface area (Å²) in [5.74, 6) is -3.19. The summed E-state index contributed by atoms with van der Waals surface area (Å²) in [6.45, 7) is 5.40. The molecule has 51 heavy (non-hydrogen) atoms. The number of carbonyl (C=O) groups excluding carboxylic acids is 5. The molecule has 0 bridgehead atoms. The number of hydrogen-bond donors (Lipinski definition) is 4. The van der Waals surface area contributed by atoms with Crippen molar-refractivity contribution in [1.29, 1.82) is 0 Å². The van der Waals surface area contributed by atoms with Crippen molar-refractivity contribution in [1.82, 2.24) is 30.5 Å². The first-order valence-corrected chi connectivity index (χ1v) is 18.9. The Morgan fingerprint density at radius 1 is 1.12 bits per heavy atom. The van der Waals surface area contributed by atoms with E-state index in [1.54, 1.807) is 39.0 Å². The van der Waals surface area contributed by atoms with Crippen LogP contribution in [-0.4, -0.2) is 102 Å². The molecule has 1 unspecified atom stereocenters. The number of halogens is 1. The fraction of sp³-hybridized carbons (Fsp3) is 0.618. The van der Waals surface area contributed by atoms with Gasteiger partial charge in [-0.15, -0.1) is 0 Å². The summed E-state index contributed by atoms with van der Waals surface area (Å²) in [5, 5.41) is 7.88. The number of sulfonamides is 1. The fourth-order valence-electron chi connectivity index (χ4n) is 6.77. The number of ether oxygens (including phenoxy) is 2. The van der Waals surface area contributed by atoms with E-state index in [1.807, 2.05) is 6.08 Å². The van der Waals surface area contributed by atoms with Crippen LogP contribution in [0.3, 0.4) is 0 Å². The van der Waals surface area contributed by atoms with Gasteiger partial charge in [-0.25, -0.2) is 22.4 Å². The molecule has 3 aliphatic heterocycles. The summed E-state index contributed by atoms with van der Waals surface area (Å²) in [5.41, 5.74) is -1.41. The molecule has 6 rings (SSSR count). The largest absolute Gasteiger partial charge is 0.444 e. The molecular weight excluding hydrogens is 687 g/mol. The fourth-order valence-corrected chi connectivity index (χ4v) is 8.13. The Balaban J connectivity index is 1.25. The molecule has 15 nitrogen and oxygen atoms in total. The number of nitrogens with zero attached hydrogens (tertiary/aromatic N) is 2. The Bertz CT molecular complexity index is 1730. The van der Waals surface area contributed by atoms with E-state index < -0.39 is 86.2 Å². The molecule has 278 valence electrons. The zero-order valence-corrected chi connectivity index (χ0v) is 29.7. The van der Waals surface area contributed by atoms with Gasteiger partial charge >= 0.3 is 12.2 Å². The lowest BCUT2D eigenvalue weighted by Gasteiger charge is -2.30. The highest BCUT2D eigenvalue weighted by atomic mass is 32.2. The van der Waals surface area contributed by atoms with Crippen molar-refractivity contribution in [3.8, 4) is 0 Å². The molecule has 17 heteroatoms. The van der Waals surface area contributed by atoms with Crippen molar-refractivity contribution >= 4 is 39.9 Å². The summed E-state index contributed by atoms with van der Waals surface area (Å²) in [6, 6.07) is 2.14. The minimum Gasteiger partial charge on any atom is -0.444 e. The number of hydrogen-bond acceptors (Lipinski definition) is 10. The Labute approximate surface area is 296 Å². The third-order valence-electron chi connectivity index (χ3n) is 9.69. The SMILES string of the molecule is CC(C)(C)OC(=O)N[C@H]1CNCCCC=C[C@@H]2C[C@@]2(C(=O)NS(=O)(=O)C2CC2)NC(=O)[C@@H]2CC(OC(=O)N3Cc4cccc(F)c4C3)CN2C1=O. The van der Waals surface area contributed by atoms with Gasteiger partial charge in [0.25, 0.3) is 5.91 Å². The van der Waals surface area contributed by atoms with E-state index in [4.69, 9.17) is 9.47 Å². The highest BCUT2D eigenvalue weighted by Gasteiger charge is 2.62. The Hall–Kier alpha value is -4.25. The maximum Gasteiger partial charge on any atom is 0.410 e. The van der Waals surface area contributed by atoms with Gasteiger partial charge in [0.1, 0.15) is 35.1 Å². The summed E-state index contributed by atoms with van der Waals surface area (Å²) < 4.78 is 53.2. The van der Waals surface area contributed by atoms with Crippen molar-refractivity contribution < 1.29 is 46.3 Å². The van der Waals surface area contributed by atoms with Crippen LogP contribution in [0.2, 0.25) is 0 Å². The van der Waals surface area contributed by atoms with E-state index in [0.717, 1.165) is 0 Å². The highest BCUT2D eigenvalue weighted by molar-refractivity contribution is 7.91. The number of nitrogens with one attached hydrogen (secondary N) is 4. The third-order valence-corrected chi connectivity index (χ3v) is 11.5. The molecule has 1 aromatic rings. The van der Waals surface area contributed by atoms with Crippen LogP contribution >= 0.6 is 0 Å². The molecule has 2 aliphatic carbocycles. The van der Waals surface area contributed by atoms with Crippen molar-refractivity contribution in [2.24, 2.45) is 5.92 Å². The molecule has 3 fully saturated rings. The number of allylic oxidation sites excluding steroid dienone is 1. The van der Waals surface area contributed by atoms with Gasteiger partial charge < -0.3 is 30.3 Å². The summed E-state index contributed by atoms with van der Waals surface area (Å²) in [7, 11) is -3.93. The van der Waals surface area contributed by atoms with Gasteiger partial charge in [0.05, 0.1) is 18.3 Å². The van der Waals surface area contributed by atoms with Crippen LogP contribution < -0.4 is 20.7 Å². The lowest BCUT2D eigenvalue weighted by atomic mass is 10.1. The van der Waals surface area contributed by atoms with Gasteiger partial charge in [-0.1, -0.05) is 24.3 Å². The average molecular weight is 733 g/mol. The topological polar surface area (TPSA) is 193 Å². The second kappa shape index (κ2) is 14.1. The molecule has 1 saturated heterocycles. The molecule has 0 aromatic heterocycles. The minimum absolute atomic E-state index is 0.00266. The van der Waals surface area contributed by atoms with E-state index in [2.05, 4.69) is 20.7 Å². The molecular formula is C34H45FN6O9S. The first-order valence-electron chi connectivity index (χ1n) is 17.3. The van der Waals surface area contributed by atoms with E-state index in [-0.39, 0.29) is 39.0 Å². The van der Waals surface area contributed by atoms with Crippen LogP contribution in [0.4, 0.5) is 14.0 Å². The van der Waals surface area contributed by atoms with Gasteiger partial charge in [0, 0.05) is 31.0 Å². The maximum atomic E-state index is 14.4. The lowest BCUT2D eigenvalue weighted by molar-refractivity contribution is -0.141. The number of amides is 5. The normalized spacial score (nSPS) is 28.3. The summed E-state index contributed by atoms with van der Waals surface area (Å²) >= 11 is 0. The van der Waals surface area contributed by atoms with Gasteiger partial charge in [0.2, 0.25) is 21.8 Å². The molecule has 0 radical (unpaired) electrons. The summed E-state index contributed by atoms with van der Waals surface area (Å²) in [6.07, 6.45) is 3.19. The monoisotopic (exact) mass is 732 g/mol. The van der Waals surface area contributed by atoms with E-state index >= 15 is 0 Å². The number of alkyl carbamates (subject to hydrolysis) is 1. The average Bonchev–Trinajstić information content (AvgIpc) is 3.93. The second-order valence-electron chi connectivity index (χ2n) is 14.9. The minimum atomic E-state index is -3.93.